The van der Waals surface area contributed by atoms with Gasteiger partial charge >= 0.3 is 11.9 Å². The highest BCUT2D eigenvalue weighted by molar-refractivity contribution is 5.96. The number of para-hydroxylation sites is 2. The van der Waals surface area contributed by atoms with E-state index in [-0.39, 0.29) is 62.8 Å². The number of amides is 1. The minimum atomic E-state index is -1.31. The lowest BCUT2D eigenvalue weighted by atomic mass is 10.1. The van der Waals surface area contributed by atoms with Crippen LogP contribution in [0.25, 0.3) is 34.2 Å². The summed E-state index contributed by atoms with van der Waals surface area (Å²) >= 11 is 0. The molecule has 1 fully saturated rings. The van der Waals surface area contributed by atoms with Crippen LogP contribution >= 0.6 is 0 Å². The van der Waals surface area contributed by atoms with Crippen LogP contribution in [0.3, 0.4) is 0 Å². The van der Waals surface area contributed by atoms with Gasteiger partial charge in [-0.15, -0.1) is 10.2 Å². The number of benzene rings is 2. The zero-order chi connectivity index (χ0) is 31.0. The van der Waals surface area contributed by atoms with Crippen molar-refractivity contribution in [3.8, 4) is 45.6 Å². The highest BCUT2D eigenvalue weighted by atomic mass is 16.4. The summed E-state index contributed by atoms with van der Waals surface area (Å²) in [5.41, 5.74) is 0.654. The lowest BCUT2D eigenvalue weighted by molar-refractivity contribution is 0.0682. The Balaban J connectivity index is 1.41. The molecule has 5 N–H and O–H groups in total. The molecule has 1 amide bonds. The van der Waals surface area contributed by atoms with Crippen molar-refractivity contribution in [2.24, 2.45) is 0 Å². The number of phenols is 2. The first-order valence-corrected chi connectivity index (χ1v) is 13.5. The third-order valence-corrected chi connectivity index (χ3v) is 7.27. The van der Waals surface area contributed by atoms with Gasteiger partial charge in [0.15, 0.2) is 11.5 Å². The van der Waals surface area contributed by atoms with Gasteiger partial charge in [-0.3, -0.25) is 4.79 Å². The number of aromatic nitrogens is 7. The zero-order valence-corrected chi connectivity index (χ0v) is 22.8. The second-order valence-corrected chi connectivity index (χ2v) is 10.1. The summed E-state index contributed by atoms with van der Waals surface area (Å²) in [6, 6.07) is 11.5. The number of carbonyl (C=O) groups excluding carboxylic acids is 1. The summed E-state index contributed by atoms with van der Waals surface area (Å²) in [6.07, 6.45) is 6.65. The van der Waals surface area contributed by atoms with Gasteiger partial charge in [-0.1, -0.05) is 35.4 Å². The minimum Gasteiger partial charge on any atom is -0.505 e. The average molecular weight is 597 g/mol. The summed E-state index contributed by atoms with van der Waals surface area (Å²) < 4.78 is 2.39. The topological polar surface area (TPSA) is 218 Å². The molecule has 0 radical (unpaired) electrons. The second kappa shape index (κ2) is 11.3. The highest BCUT2D eigenvalue weighted by Gasteiger charge is 2.22. The monoisotopic (exact) mass is 596 g/mol. The van der Waals surface area contributed by atoms with Crippen molar-refractivity contribution >= 4 is 17.8 Å². The smallest absolute Gasteiger partial charge is 0.339 e. The minimum absolute atomic E-state index is 0.0401. The normalized spacial score (nSPS) is 13.2. The Hall–Kier alpha value is -6.12. The predicted molar refractivity (Wildman–Crippen MR) is 152 cm³/mol. The average Bonchev–Trinajstić information content (AvgIpc) is 3.80. The van der Waals surface area contributed by atoms with Crippen molar-refractivity contribution in [3.63, 3.8) is 0 Å². The summed E-state index contributed by atoms with van der Waals surface area (Å²) in [6.45, 7) is 0. The van der Waals surface area contributed by atoms with Crippen molar-refractivity contribution in [1.29, 1.82) is 0 Å². The molecule has 3 heterocycles. The van der Waals surface area contributed by atoms with E-state index in [1.807, 2.05) is 0 Å². The van der Waals surface area contributed by atoms with Gasteiger partial charge in [0.05, 0.1) is 23.8 Å². The molecule has 5 aromatic rings. The molecule has 0 spiro atoms. The highest BCUT2D eigenvalue weighted by Crippen LogP contribution is 2.30. The van der Waals surface area contributed by atoms with E-state index in [1.165, 1.54) is 70.3 Å². The Morgan fingerprint density at radius 2 is 1.20 bits per heavy atom. The maximum Gasteiger partial charge on any atom is 0.339 e. The van der Waals surface area contributed by atoms with Crippen LogP contribution in [-0.2, 0) is 0 Å². The van der Waals surface area contributed by atoms with E-state index >= 15 is 0 Å². The third-order valence-electron chi connectivity index (χ3n) is 7.27. The molecule has 44 heavy (non-hydrogen) atoms. The van der Waals surface area contributed by atoms with Crippen molar-refractivity contribution < 1.29 is 34.8 Å². The van der Waals surface area contributed by atoms with Crippen LogP contribution in [-0.4, -0.2) is 79.3 Å². The maximum absolute atomic E-state index is 13.3. The number of rotatable bonds is 8. The largest absolute Gasteiger partial charge is 0.505 e. The van der Waals surface area contributed by atoms with Crippen LogP contribution < -0.4 is 5.32 Å². The molecule has 2 aromatic carbocycles. The number of carboxylic acid groups (broad SMARTS) is 2. The maximum atomic E-state index is 13.3. The summed E-state index contributed by atoms with van der Waals surface area (Å²) in [5.74, 6) is -3.95. The van der Waals surface area contributed by atoms with E-state index in [0.717, 1.165) is 25.7 Å². The summed E-state index contributed by atoms with van der Waals surface area (Å²) in [4.78, 5) is 40.9. The molecule has 0 bridgehead atoms. The number of nitrogens with zero attached hydrogens (tertiary/aromatic N) is 7. The SMILES string of the molecule is O=C(NC1CCCC1)c1cc(-c2cn(-c3cccc(C(=O)O)c3O)nn2)nc(-c2cn(-c3cccc(C(=O)O)c3O)nn2)c1. The third kappa shape index (κ3) is 5.29. The zero-order valence-electron chi connectivity index (χ0n) is 22.8. The molecular formula is C29H24N8O7. The van der Waals surface area contributed by atoms with Crippen LogP contribution in [0.5, 0.6) is 11.5 Å². The Kier molecular flexibility index (Phi) is 7.18. The quantitative estimate of drug-likeness (QED) is 0.175. The number of nitrogens with one attached hydrogen (secondary N) is 1. The molecule has 0 aliphatic heterocycles. The number of hydrogen-bond donors (Lipinski definition) is 5. The Bertz CT molecular complexity index is 1810. The number of aromatic carboxylic acids is 2. The van der Waals surface area contributed by atoms with E-state index in [9.17, 15) is 34.8 Å². The Morgan fingerprint density at radius 1 is 0.727 bits per heavy atom. The van der Waals surface area contributed by atoms with Crippen LogP contribution in [0.2, 0.25) is 0 Å². The lowest BCUT2D eigenvalue weighted by Crippen LogP contribution is -2.32. The first-order chi connectivity index (χ1) is 21.2. The van der Waals surface area contributed by atoms with Crippen molar-refractivity contribution in [3.05, 3.63) is 77.6 Å². The molecule has 15 heteroatoms. The van der Waals surface area contributed by atoms with Gasteiger partial charge in [-0.05, 0) is 49.2 Å². The molecule has 1 saturated carbocycles. The molecule has 3 aromatic heterocycles. The van der Waals surface area contributed by atoms with Crippen LogP contribution in [0.1, 0.15) is 56.8 Å². The standard InChI is InChI=1S/C29H24N8O7/c38-25-17(28(41)42)7-3-9-23(25)36-13-21(32-34-36)19-11-15(27(40)30-16-5-1-2-6-16)12-20(31-19)22-14-37(35-33-22)24-10-4-8-18(26(24)39)29(43)44/h3-4,7-14,16,38-39H,1-2,5-6H2,(H,30,40)(H,41,42)(H,43,44). The second-order valence-electron chi connectivity index (χ2n) is 10.1. The Morgan fingerprint density at radius 3 is 1.66 bits per heavy atom. The van der Waals surface area contributed by atoms with Crippen molar-refractivity contribution in [2.75, 3.05) is 0 Å². The van der Waals surface area contributed by atoms with Gasteiger partial charge in [-0.25, -0.2) is 23.9 Å². The van der Waals surface area contributed by atoms with Gasteiger partial charge in [0, 0.05) is 11.6 Å². The van der Waals surface area contributed by atoms with Crippen molar-refractivity contribution in [2.45, 2.75) is 31.7 Å². The number of carbonyl (C=O) groups is 3. The van der Waals surface area contributed by atoms with E-state index < -0.39 is 23.4 Å². The van der Waals surface area contributed by atoms with E-state index in [4.69, 9.17) is 0 Å². The molecule has 0 saturated heterocycles. The molecule has 1 aliphatic carbocycles. The summed E-state index contributed by atoms with van der Waals surface area (Å²) in [7, 11) is 0. The fourth-order valence-corrected chi connectivity index (χ4v) is 5.04. The molecule has 1 aliphatic rings. The molecule has 15 nitrogen and oxygen atoms in total. The number of pyridine rings is 1. The molecule has 6 rings (SSSR count). The fraction of sp³-hybridized carbons (Fsp3) is 0.172. The van der Waals surface area contributed by atoms with Gasteiger partial charge in [0.1, 0.15) is 33.9 Å². The van der Waals surface area contributed by atoms with Gasteiger partial charge in [-0.2, -0.15) is 0 Å². The number of aromatic hydroxyl groups is 2. The first-order valence-electron chi connectivity index (χ1n) is 13.5. The predicted octanol–water partition coefficient (Wildman–Crippen LogP) is 3.06. The van der Waals surface area contributed by atoms with E-state index in [0.29, 0.717) is 0 Å². The van der Waals surface area contributed by atoms with Crippen molar-refractivity contribution in [1.82, 2.24) is 40.3 Å². The molecular weight excluding hydrogens is 572 g/mol. The molecule has 0 atom stereocenters. The van der Waals surface area contributed by atoms with E-state index in [1.54, 1.807) is 0 Å². The van der Waals surface area contributed by atoms with Gasteiger partial charge in [0.25, 0.3) is 5.91 Å². The van der Waals surface area contributed by atoms with Gasteiger partial charge in [0.2, 0.25) is 0 Å². The van der Waals surface area contributed by atoms with Gasteiger partial charge < -0.3 is 25.7 Å². The lowest BCUT2D eigenvalue weighted by Gasteiger charge is -2.13. The van der Waals surface area contributed by atoms with E-state index in [2.05, 4.69) is 30.9 Å². The summed E-state index contributed by atoms with van der Waals surface area (Å²) in [5, 5.41) is 59.1. The van der Waals surface area contributed by atoms with Crippen LogP contribution in [0.15, 0.2) is 60.9 Å². The van der Waals surface area contributed by atoms with Crippen LogP contribution in [0, 0.1) is 0 Å². The number of carboxylic acids is 2. The number of hydrogen-bond acceptors (Lipinski definition) is 10. The fourth-order valence-electron chi connectivity index (χ4n) is 5.04. The molecule has 0 unspecified atom stereocenters. The first kappa shape index (κ1) is 28.0. The molecule has 222 valence electrons. The van der Waals surface area contributed by atoms with Crippen LogP contribution in [0.4, 0.5) is 0 Å². The Labute approximate surface area is 248 Å².